The number of nitrogens with zero attached hydrogens (tertiary/aromatic N) is 3. The Bertz CT molecular complexity index is 498. The van der Waals surface area contributed by atoms with Crippen LogP contribution in [0, 0.1) is 0 Å². The van der Waals surface area contributed by atoms with Gasteiger partial charge in [-0.3, -0.25) is 0 Å². The van der Waals surface area contributed by atoms with E-state index in [1.807, 2.05) is 18.2 Å². The van der Waals surface area contributed by atoms with Crippen molar-refractivity contribution in [2.24, 2.45) is 4.99 Å². The normalized spacial score (nSPS) is 17.8. The second kappa shape index (κ2) is 10.0. The second-order valence-corrected chi connectivity index (χ2v) is 5.95. The van der Waals surface area contributed by atoms with Crippen molar-refractivity contribution >= 4 is 45.9 Å². The Morgan fingerprint density at radius 2 is 2.41 bits per heavy atom. The Morgan fingerprint density at radius 3 is 3.05 bits per heavy atom. The number of rotatable bonds is 5. The highest BCUT2D eigenvalue weighted by molar-refractivity contribution is 14.0. The Kier molecular flexibility index (Phi) is 8.77. The molecule has 0 bridgehead atoms. The summed E-state index contributed by atoms with van der Waals surface area (Å²) in [6.07, 6.45) is 2.86. The standard InChI is InChI=1S/C15H21BrN4O.HI/c1-3-17-15(19-10-12(2)16)20-9-7-13(11-20)21-14-6-4-5-8-18-14;/h4-6,8,13H,2-3,7,9-11H2,1H3,(H,17,19);1H. The lowest BCUT2D eigenvalue weighted by Gasteiger charge is -2.21. The molecule has 0 aromatic carbocycles. The summed E-state index contributed by atoms with van der Waals surface area (Å²) in [5.41, 5.74) is 0. The summed E-state index contributed by atoms with van der Waals surface area (Å²) in [6, 6.07) is 5.70. The third-order valence-corrected chi connectivity index (χ3v) is 3.36. The van der Waals surface area contributed by atoms with E-state index >= 15 is 0 Å². The maximum atomic E-state index is 5.90. The number of aliphatic imine (C=N–C) groups is 1. The molecule has 1 fully saturated rings. The van der Waals surface area contributed by atoms with Crippen LogP contribution in [0.2, 0.25) is 0 Å². The van der Waals surface area contributed by atoms with Gasteiger partial charge in [-0.1, -0.05) is 28.6 Å². The number of guanidine groups is 1. The first kappa shape index (κ1) is 19.2. The molecule has 0 amide bonds. The predicted molar refractivity (Wildman–Crippen MR) is 104 cm³/mol. The highest BCUT2D eigenvalue weighted by Gasteiger charge is 2.26. The molecular weight excluding hydrogens is 459 g/mol. The fourth-order valence-electron chi connectivity index (χ4n) is 2.19. The summed E-state index contributed by atoms with van der Waals surface area (Å²) >= 11 is 3.34. The quantitative estimate of drug-likeness (QED) is 0.400. The minimum absolute atomic E-state index is 0. The molecule has 1 aliphatic rings. The fraction of sp³-hybridized carbons (Fsp3) is 0.467. The van der Waals surface area contributed by atoms with Gasteiger partial charge < -0.3 is 15.0 Å². The van der Waals surface area contributed by atoms with Crippen molar-refractivity contribution in [3.05, 3.63) is 35.5 Å². The van der Waals surface area contributed by atoms with Gasteiger partial charge in [-0.15, -0.1) is 24.0 Å². The number of nitrogens with one attached hydrogen (secondary N) is 1. The van der Waals surface area contributed by atoms with Crippen LogP contribution in [0.5, 0.6) is 5.88 Å². The average Bonchev–Trinajstić information content (AvgIpc) is 2.92. The Balaban J connectivity index is 0.00000242. The van der Waals surface area contributed by atoms with Crippen molar-refractivity contribution in [1.82, 2.24) is 15.2 Å². The molecule has 1 unspecified atom stereocenters. The number of ether oxygens (including phenoxy) is 1. The molecule has 0 radical (unpaired) electrons. The van der Waals surface area contributed by atoms with Gasteiger partial charge in [0.15, 0.2) is 5.96 Å². The van der Waals surface area contributed by atoms with Gasteiger partial charge in [0.05, 0.1) is 13.1 Å². The van der Waals surface area contributed by atoms with E-state index < -0.39 is 0 Å². The van der Waals surface area contributed by atoms with E-state index in [1.165, 1.54) is 0 Å². The summed E-state index contributed by atoms with van der Waals surface area (Å²) < 4.78 is 6.77. The van der Waals surface area contributed by atoms with E-state index in [9.17, 15) is 0 Å². The van der Waals surface area contributed by atoms with Gasteiger partial charge in [-0.05, 0) is 13.0 Å². The van der Waals surface area contributed by atoms with Crippen LogP contribution in [-0.4, -0.2) is 48.1 Å². The molecule has 1 N–H and O–H groups in total. The molecule has 5 nitrogen and oxygen atoms in total. The first-order chi connectivity index (χ1) is 10.2. The summed E-state index contributed by atoms with van der Waals surface area (Å²) in [4.78, 5) is 11.0. The second-order valence-electron chi connectivity index (χ2n) is 4.83. The van der Waals surface area contributed by atoms with Gasteiger partial charge in [-0.2, -0.15) is 0 Å². The molecule has 7 heteroatoms. The summed E-state index contributed by atoms with van der Waals surface area (Å²) in [6.45, 7) is 9.04. The minimum Gasteiger partial charge on any atom is -0.472 e. The Labute approximate surface area is 157 Å². The number of hydrogen-bond donors (Lipinski definition) is 1. The molecular formula is C15H22BrIN4O. The maximum absolute atomic E-state index is 5.90. The molecule has 22 heavy (non-hydrogen) atoms. The largest absolute Gasteiger partial charge is 0.472 e. The van der Waals surface area contributed by atoms with Gasteiger partial charge in [-0.25, -0.2) is 9.98 Å². The summed E-state index contributed by atoms with van der Waals surface area (Å²) in [5.74, 6) is 1.59. The molecule has 122 valence electrons. The number of pyridine rings is 1. The number of likely N-dealkylation sites (tertiary alicyclic amines) is 1. The van der Waals surface area contributed by atoms with Crippen LogP contribution in [0.1, 0.15) is 13.3 Å². The first-order valence-electron chi connectivity index (χ1n) is 7.13. The van der Waals surface area contributed by atoms with Crippen molar-refractivity contribution in [1.29, 1.82) is 0 Å². The third-order valence-electron chi connectivity index (χ3n) is 3.10. The van der Waals surface area contributed by atoms with Gasteiger partial charge >= 0.3 is 0 Å². The van der Waals surface area contributed by atoms with Crippen molar-refractivity contribution in [3.8, 4) is 5.88 Å². The highest BCUT2D eigenvalue weighted by atomic mass is 127. The van der Waals surface area contributed by atoms with Gasteiger partial charge in [0.1, 0.15) is 6.10 Å². The van der Waals surface area contributed by atoms with Crippen molar-refractivity contribution in [2.75, 3.05) is 26.2 Å². The van der Waals surface area contributed by atoms with E-state index in [2.05, 4.69) is 49.6 Å². The average molecular weight is 481 g/mol. The van der Waals surface area contributed by atoms with Gasteiger partial charge in [0, 0.05) is 36.3 Å². The van der Waals surface area contributed by atoms with Gasteiger partial charge in [0.25, 0.3) is 0 Å². The monoisotopic (exact) mass is 480 g/mol. The van der Waals surface area contributed by atoms with Crippen LogP contribution in [0.25, 0.3) is 0 Å². The molecule has 1 atom stereocenters. The van der Waals surface area contributed by atoms with Crippen molar-refractivity contribution in [3.63, 3.8) is 0 Å². The van der Waals surface area contributed by atoms with Crippen LogP contribution < -0.4 is 10.1 Å². The summed E-state index contributed by atoms with van der Waals surface area (Å²) in [7, 11) is 0. The Morgan fingerprint density at radius 1 is 1.59 bits per heavy atom. The van der Waals surface area contributed by atoms with Crippen LogP contribution in [-0.2, 0) is 0 Å². The molecule has 1 aliphatic heterocycles. The molecule has 0 spiro atoms. The molecule has 1 aromatic heterocycles. The van der Waals surface area contributed by atoms with Gasteiger partial charge in [0.2, 0.25) is 5.88 Å². The van der Waals surface area contributed by atoms with E-state index in [-0.39, 0.29) is 30.1 Å². The topological polar surface area (TPSA) is 49.8 Å². The molecule has 0 aliphatic carbocycles. The van der Waals surface area contributed by atoms with Crippen LogP contribution in [0.15, 0.2) is 40.4 Å². The molecule has 0 saturated carbocycles. The number of hydrogen-bond acceptors (Lipinski definition) is 3. The molecule has 2 heterocycles. The highest BCUT2D eigenvalue weighted by Crippen LogP contribution is 2.16. The lowest BCUT2D eigenvalue weighted by molar-refractivity contribution is 0.205. The lowest BCUT2D eigenvalue weighted by atomic mass is 10.3. The predicted octanol–water partition coefficient (Wildman–Crippen LogP) is 3.03. The Hall–Kier alpha value is -0.830. The smallest absolute Gasteiger partial charge is 0.213 e. The number of halogens is 2. The summed E-state index contributed by atoms with van der Waals surface area (Å²) in [5, 5.41) is 3.31. The molecule has 1 saturated heterocycles. The molecule has 2 rings (SSSR count). The zero-order valence-corrected chi connectivity index (χ0v) is 16.6. The van der Waals surface area contributed by atoms with Crippen LogP contribution >= 0.6 is 39.9 Å². The fourth-order valence-corrected chi connectivity index (χ4v) is 2.32. The first-order valence-corrected chi connectivity index (χ1v) is 7.92. The van der Waals surface area contributed by atoms with E-state index in [0.717, 1.165) is 36.5 Å². The van der Waals surface area contributed by atoms with Crippen LogP contribution in [0.3, 0.4) is 0 Å². The SMILES string of the molecule is C=C(Br)CN=C(NCC)N1CCC(Oc2ccccn2)C1.I. The van der Waals surface area contributed by atoms with Crippen LogP contribution in [0.4, 0.5) is 0 Å². The van der Waals surface area contributed by atoms with E-state index in [1.54, 1.807) is 6.20 Å². The van der Waals surface area contributed by atoms with Crippen molar-refractivity contribution < 1.29 is 4.74 Å². The molecule has 1 aromatic rings. The zero-order chi connectivity index (χ0) is 15.1. The number of aromatic nitrogens is 1. The maximum Gasteiger partial charge on any atom is 0.213 e. The minimum atomic E-state index is 0. The van der Waals surface area contributed by atoms with E-state index in [0.29, 0.717) is 12.4 Å². The van der Waals surface area contributed by atoms with E-state index in [4.69, 9.17) is 4.74 Å². The van der Waals surface area contributed by atoms with Crippen molar-refractivity contribution in [2.45, 2.75) is 19.4 Å². The third kappa shape index (κ3) is 6.12. The lowest BCUT2D eigenvalue weighted by Crippen LogP contribution is -2.41. The zero-order valence-electron chi connectivity index (χ0n) is 12.7.